The Morgan fingerprint density at radius 2 is 1.70 bits per heavy atom. The summed E-state index contributed by atoms with van der Waals surface area (Å²) in [7, 11) is 0. The van der Waals surface area contributed by atoms with Gasteiger partial charge in [0.15, 0.2) is 0 Å². The van der Waals surface area contributed by atoms with E-state index in [9.17, 15) is 5.11 Å². The SMILES string of the molecule is OC(CCCc1ccccc1)CSc1ccccc1Br. The van der Waals surface area contributed by atoms with E-state index in [4.69, 9.17) is 0 Å². The predicted octanol–water partition coefficient (Wildman–Crippen LogP) is 4.93. The molecular weight excluding hydrogens is 332 g/mol. The third-order valence-corrected chi connectivity index (χ3v) is 5.29. The van der Waals surface area contributed by atoms with Gasteiger partial charge in [0.2, 0.25) is 0 Å². The van der Waals surface area contributed by atoms with Crippen molar-refractivity contribution in [1.82, 2.24) is 0 Å². The average Bonchev–Trinajstić information content (AvgIpc) is 2.47. The summed E-state index contributed by atoms with van der Waals surface area (Å²) in [6, 6.07) is 18.6. The van der Waals surface area contributed by atoms with Gasteiger partial charge in [0.1, 0.15) is 0 Å². The molecule has 0 aliphatic carbocycles. The molecule has 0 spiro atoms. The Morgan fingerprint density at radius 1 is 1.00 bits per heavy atom. The fourth-order valence-corrected chi connectivity index (χ4v) is 3.57. The van der Waals surface area contributed by atoms with Crippen LogP contribution in [0.4, 0.5) is 0 Å². The normalized spacial score (nSPS) is 12.3. The smallest absolute Gasteiger partial charge is 0.0634 e. The van der Waals surface area contributed by atoms with Crippen LogP contribution in [0.3, 0.4) is 0 Å². The first-order chi connectivity index (χ1) is 9.75. The average molecular weight is 351 g/mol. The van der Waals surface area contributed by atoms with Gasteiger partial charge in [0.05, 0.1) is 6.10 Å². The molecule has 1 atom stereocenters. The van der Waals surface area contributed by atoms with Gasteiger partial charge in [-0.1, -0.05) is 42.5 Å². The number of thioether (sulfide) groups is 1. The van der Waals surface area contributed by atoms with E-state index in [1.165, 1.54) is 10.5 Å². The molecule has 2 rings (SSSR count). The van der Waals surface area contributed by atoms with Gasteiger partial charge < -0.3 is 5.11 Å². The van der Waals surface area contributed by atoms with Crippen molar-refractivity contribution >= 4 is 27.7 Å². The number of rotatable bonds is 7. The third-order valence-electron chi connectivity index (χ3n) is 3.11. The van der Waals surface area contributed by atoms with Crippen LogP contribution in [0.1, 0.15) is 18.4 Å². The maximum Gasteiger partial charge on any atom is 0.0634 e. The topological polar surface area (TPSA) is 20.2 Å². The molecule has 0 amide bonds. The summed E-state index contributed by atoms with van der Waals surface area (Å²) < 4.78 is 1.10. The summed E-state index contributed by atoms with van der Waals surface area (Å²) in [5.41, 5.74) is 1.35. The highest BCUT2D eigenvalue weighted by Crippen LogP contribution is 2.27. The first-order valence-corrected chi connectivity index (χ1v) is 8.63. The second kappa shape index (κ2) is 8.50. The molecular formula is C17H19BrOS. The van der Waals surface area contributed by atoms with Crippen molar-refractivity contribution in [3.63, 3.8) is 0 Å². The monoisotopic (exact) mass is 350 g/mol. The van der Waals surface area contributed by atoms with E-state index in [2.05, 4.69) is 46.3 Å². The van der Waals surface area contributed by atoms with Crippen LogP contribution in [0.5, 0.6) is 0 Å². The Morgan fingerprint density at radius 3 is 2.45 bits per heavy atom. The molecule has 0 aliphatic rings. The molecule has 0 heterocycles. The molecule has 2 aromatic carbocycles. The lowest BCUT2D eigenvalue weighted by Crippen LogP contribution is -2.10. The number of halogens is 1. The van der Waals surface area contributed by atoms with Crippen molar-refractivity contribution < 1.29 is 5.11 Å². The quantitative estimate of drug-likeness (QED) is 0.714. The van der Waals surface area contributed by atoms with Crippen LogP contribution in [0.25, 0.3) is 0 Å². The Bertz CT molecular complexity index is 515. The van der Waals surface area contributed by atoms with Gasteiger partial charge in [0, 0.05) is 15.1 Å². The summed E-state index contributed by atoms with van der Waals surface area (Å²) >= 11 is 5.23. The molecule has 20 heavy (non-hydrogen) atoms. The van der Waals surface area contributed by atoms with Crippen molar-refractivity contribution in [2.24, 2.45) is 0 Å². The second-order valence-electron chi connectivity index (χ2n) is 4.77. The molecule has 0 aromatic heterocycles. The molecule has 1 nitrogen and oxygen atoms in total. The molecule has 0 bridgehead atoms. The molecule has 3 heteroatoms. The van der Waals surface area contributed by atoms with Gasteiger partial charge in [-0.3, -0.25) is 0 Å². The molecule has 1 N–H and O–H groups in total. The Hall–Kier alpha value is -0.770. The molecule has 2 aromatic rings. The van der Waals surface area contributed by atoms with Crippen molar-refractivity contribution in [2.75, 3.05) is 5.75 Å². The van der Waals surface area contributed by atoms with Gasteiger partial charge in [-0.2, -0.15) is 0 Å². The zero-order valence-electron chi connectivity index (χ0n) is 11.3. The van der Waals surface area contributed by atoms with E-state index >= 15 is 0 Å². The van der Waals surface area contributed by atoms with Gasteiger partial charge in [-0.25, -0.2) is 0 Å². The Kier molecular flexibility index (Phi) is 6.64. The zero-order chi connectivity index (χ0) is 14.2. The van der Waals surface area contributed by atoms with Crippen molar-refractivity contribution in [3.05, 3.63) is 64.6 Å². The van der Waals surface area contributed by atoms with E-state index < -0.39 is 0 Å². The fourth-order valence-electron chi connectivity index (χ4n) is 2.02. The lowest BCUT2D eigenvalue weighted by molar-refractivity contribution is 0.186. The summed E-state index contributed by atoms with van der Waals surface area (Å²) in [6.45, 7) is 0. The van der Waals surface area contributed by atoms with Crippen LogP contribution < -0.4 is 0 Å². The number of aliphatic hydroxyl groups is 1. The van der Waals surface area contributed by atoms with E-state index in [1.807, 2.05) is 24.3 Å². The molecule has 106 valence electrons. The van der Waals surface area contributed by atoms with Crippen molar-refractivity contribution in [2.45, 2.75) is 30.3 Å². The van der Waals surface area contributed by atoms with Gasteiger partial charge in [0.25, 0.3) is 0 Å². The standard InChI is InChI=1S/C17H19BrOS/c18-16-11-4-5-12-17(16)20-13-15(19)10-6-9-14-7-2-1-3-8-14/h1-5,7-8,11-12,15,19H,6,9-10,13H2. The summed E-state index contributed by atoms with van der Waals surface area (Å²) in [6.07, 6.45) is 2.68. The van der Waals surface area contributed by atoms with Crippen LogP contribution >= 0.6 is 27.7 Å². The summed E-state index contributed by atoms with van der Waals surface area (Å²) in [5.74, 6) is 0.747. The summed E-state index contributed by atoms with van der Waals surface area (Å²) in [4.78, 5) is 1.19. The van der Waals surface area contributed by atoms with Crippen LogP contribution in [-0.4, -0.2) is 17.0 Å². The van der Waals surface area contributed by atoms with E-state index in [0.717, 1.165) is 29.5 Å². The number of benzene rings is 2. The minimum atomic E-state index is -0.240. The van der Waals surface area contributed by atoms with Gasteiger partial charge >= 0.3 is 0 Å². The molecule has 0 radical (unpaired) electrons. The third kappa shape index (κ3) is 5.31. The van der Waals surface area contributed by atoms with Crippen LogP contribution in [0, 0.1) is 0 Å². The minimum absolute atomic E-state index is 0.240. The number of aryl methyl sites for hydroxylation is 1. The predicted molar refractivity (Wildman–Crippen MR) is 90.3 cm³/mol. The number of hydrogen-bond acceptors (Lipinski definition) is 2. The molecule has 0 saturated heterocycles. The molecule has 1 unspecified atom stereocenters. The fraction of sp³-hybridized carbons (Fsp3) is 0.294. The summed E-state index contributed by atoms with van der Waals surface area (Å²) in [5, 5.41) is 10.0. The lowest BCUT2D eigenvalue weighted by Gasteiger charge is -2.11. The van der Waals surface area contributed by atoms with Crippen molar-refractivity contribution in [3.8, 4) is 0 Å². The Balaban J connectivity index is 1.68. The van der Waals surface area contributed by atoms with Crippen LogP contribution in [-0.2, 0) is 6.42 Å². The Labute approximate surface area is 133 Å². The maximum atomic E-state index is 10.0. The van der Waals surface area contributed by atoms with Crippen LogP contribution in [0.15, 0.2) is 64.0 Å². The molecule has 0 aliphatic heterocycles. The first kappa shape index (κ1) is 15.6. The van der Waals surface area contributed by atoms with Gasteiger partial charge in [-0.05, 0) is 52.9 Å². The van der Waals surface area contributed by atoms with E-state index in [-0.39, 0.29) is 6.10 Å². The highest BCUT2D eigenvalue weighted by molar-refractivity contribution is 9.10. The molecule has 0 saturated carbocycles. The minimum Gasteiger partial charge on any atom is -0.392 e. The van der Waals surface area contributed by atoms with Crippen LogP contribution in [0.2, 0.25) is 0 Å². The maximum absolute atomic E-state index is 10.0. The molecule has 0 fully saturated rings. The number of aliphatic hydroxyl groups excluding tert-OH is 1. The first-order valence-electron chi connectivity index (χ1n) is 6.85. The largest absolute Gasteiger partial charge is 0.392 e. The number of hydrogen-bond donors (Lipinski definition) is 1. The zero-order valence-corrected chi connectivity index (χ0v) is 13.7. The van der Waals surface area contributed by atoms with Gasteiger partial charge in [-0.15, -0.1) is 11.8 Å². The van der Waals surface area contributed by atoms with E-state index in [0.29, 0.717) is 0 Å². The highest BCUT2D eigenvalue weighted by atomic mass is 79.9. The lowest BCUT2D eigenvalue weighted by atomic mass is 10.1. The van der Waals surface area contributed by atoms with Crippen molar-refractivity contribution in [1.29, 1.82) is 0 Å². The highest BCUT2D eigenvalue weighted by Gasteiger charge is 2.07. The van der Waals surface area contributed by atoms with E-state index in [1.54, 1.807) is 11.8 Å². The second-order valence-corrected chi connectivity index (χ2v) is 6.69.